The van der Waals surface area contributed by atoms with Gasteiger partial charge in [0.05, 0.1) is 11.1 Å². The topological polar surface area (TPSA) is 3.24 Å². The van der Waals surface area contributed by atoms with Crippen molar-refractivity contribution in [3.05, 3.63) is 245 Å². The van der Waals surface area contributed by atoms with E-state index in [4.69, 9.17) is 0 Å². The van der Waals surface area contributed by atoms with Crippen molar-refractivity contribution in [2.75, 3.05) is 4.90 Å². The van der Waals surface area contributed by atoms with Crippen LogP contribution in [-0.4, -0.2) is 0 Å². The molecule has 0 radical (unpaired) electrons. The Hall–Kier alpha value is -7.22. The SMILES string of the molecule is CC1(C)c2ccccc2-c2cccc(-c3ccc(N(c4ccc5c(c4)C4(c6ccccc6-5)C5CC6CC(C5)CC4C6)c4cccc5c4-c4ccccc4C54c5ccccc5-c5ccccc54)cc3)c21. The summed E-state index contributed by atoms with van der Waals surface area (Å²) in [4.78, 5) is 2.65. The molecule has 1 nitrogen and oxygen atoms in total. The highest BCUT2D eigenvalue weighted by atomic mass is 15.1. The van der Waals surface area contributed by atoms with Gasteiger partial charge in [-0.2, -0.15) is 0 Å². The first-order valence-electron chi connectivity index (χ1n) is 25.8. The van der Waals surface area contributed by atoms with Crippen LogP contribution in [0.15, 0.2) is 200 Å². The van der Waals surface area contributed by atoms with Gasteiger partial charge < -0.3 is 4.90 Å². The Morgan fingerprint density at radius 1 is 0.362 bits per heavy atom. The van der Waals surface area contributed by atoms with Gasteiger partial charge in [-0.05, 0) is 181 Å². The minimum Gasteiger partial charge on any atom is -0.310 e. The third-order valence-electron chi connectivity index (χ3n) is 19.1. The van der Waals surface area contributed by atoms with Gasteiger partial charge in [0.1, 0.15) is 0 Å². The van der Waals surface area contributed by atoms with Crippen LogP contribution >= 0.6 is 0 Å². The third kappa shape index (κ3) is 4.73. The van der Waals surface area contributed by atoms with Gasteiger partial charge in [0.15, 0.2) is 0 Å². The number of anilines is 3. The largest absolute Gasteiger partial charge is 0.310 e. The van der Waals surface area contributed by atoms with Gasteiger partial charge in [-0.25, -0.2) is 0 Å². The Labute approximate surface area is 406 Å². The molecule has 330 valence electrons. The molecule has 2 spiro atoms. The van der Waals surface area contributed by atoms with E-state index in [9.17, 15) is 0 Å². The predicted molar refractivity (Wildman–Crippen MR) is 284 cm³/mol. The molecule has 0 unspecified atom stereocenters. The maximum atomic E-state index is 2.69. The van der Waals surface area contributed by atoms with E-state index in [1.807, 2.05) is 0 Å². The van der Waals surface area contributed by atoms with Crippen molar-refractivity contribution in [3.8, 4) is 55.6 Å². The number of hydrogen-bond donors (Lipinski definition) is 0. The van der Waals surface area contributed by atoms with Crippen molar-refractivity contribution in [1.82, 2.24) is 0 Å². The van der Waals surface area contributed by atoms with Crippen LogP contribution in [0.1, 0.15) is 90.5 Å². The lowest BCUT2D eigenvalue weighted by molar-refractivity contribution is -0.0399. The molecule has 4 bridgehead atoms. The average Bonchev–Trinajstić information content (AvgIpc) is 4.05. The molecule has 0 aromatic heterocycles. The Morgan fingerprint density at radius 2 is 0.826 bits per heavy atom. The van der Waals surface area contributed by atoms with E-state index in [0.717, 1.165) is 11.8 Å². The standard InChI is InChI=1S/C68H53N/c1-66(2)56-22-8-3-18-52(56)54-21-13-20-48(65(54)66)43-29-31-46(32-30-43)69(47-33-34-53-51-17-4-9-23-57(51)67(62(53)40-47)44-36-41-35-42(38-44)39-45(67)37-41)63-28-14-27-61-64(63)55-19-7-12-26-60(55)68(61)58-24-10-5-15-49(58)50-16-6-11-25-59(50)68/h3-34,40-42,44-45H,35-39H2,1-2H3. The van der Waals surface area contributed by atoms with Crippen molar-refractivity contribution < 1.29 is 0 Å². The molecule has 9 aromatic rings. The highest BCUT2D eigenvalue weighted by Gasteiger charge is 2.62. The number of nitrogens with zero attached hydrogens (tertiary/aromatic N) is 1. The maximum Gasteiger partial charge on any atom is 0.0726 e. The molecule has 69 heavy (non-hydrogen) atoms. The predicted octanol–water partition coefficient (Wildman–Crippen LogP) is 17.2. The summed E-state index contributed by atoms with van der Waals surface area (Å²) in [5.41, 5.74) is 28.3. The summed E-state index contributed by atoms with van der Waals surface area (Å²) in [5, 5.41) is 0. The molecule has 17 rings (SSSR count). The zero-order chi connectivity index (χ0) is 45.4. The van der Waals surface area contributed by atoms with Gasteiger partial charge in [-0.15, -0.1) is 0 Å². The quantitative estimate of drug-likeness (QED) is 0.170. The zero-order valence-electron chi connectivity index (χ0n) is 39.3. The maximum absolute atomic E-state index is 2.69. The fourth-order valence-electron chi connectivity index (χ4n) is 16.9. The second kappa shape index (κ2) is 13.5. The lowest BCUT2D eigenvalue weighted by Gasteiger charge is -2.61. The minimum absolute atomic E-state index is 0.0650. The number of benzene rings is 9. The van der Waals surface area contributed by atoms with Gasteiger partial charge in [0, 0.05) is 27.8 Å². The van der Waals surface area contributed by atoms with Gasteiger partial charge >= 0.3 is 0 Å². The first kappa shape index (κ1) is 38.7. The van der Waals surface area contributed by atoms with E-state index in [0.29, 0.717) is 11.8 Å². The third-order valence-corrected chi connectivity index (χ3v) is 19.1. The summed E-state index contributed by atoms with van der Waals surface area (Å²) in [5.74, 6) is 3.17. The molecular weight excluding hydrogens is 831 g/mol. The molecule has 8 aliphatic rings. The molecule has 9 aromatic carbocycles. The van der Waals surface area contributed by atoms with Crippen LogP contribution < -0.4 is 4.90 Å². The molecule has 0 N–H and O–H groups in total. The van der Waals surface area contributed by atoms with Crippen molar-refractivity contribution in [2.24, 2.45) is 23.7 Å². The summed E-state index contributed by atoms with van der Waals surface area (Å²) in [6.45, 7) is 4.81. The zero-order valence-corrected chi connectivity index (χ0v) is 39.3. The number of rotatable bonds is 4. The first-order valence-corrected chi connectivity index (χ1v) is 25.8. The van der Waals surface area contributed by atoms with Crippen LogP contribution in [-0.2, 0) is 16.2 Å². The summed E-state index contributed by atoms with van der Waals surface area (Å²) in [6.07, 6.45) is 6.93. The Bertz CT molecular complexity index is 3600. The second-order valence-corrected chi connectivity index (χ2v) is 22.3. The summed E-state index contributed by atoms with van der Waals surface area (Å²) in [7, 11) is 0. The van der Waals surface area contributed by atoms with Crippen molar-refractivity contribution in [2.45, 2.75) is 62.2 Å². The van der Waals surface area contributed by atoms with Crippen LogP contribution in [0.5, 0.6) is 0 Å². The highest BCUT2D eigenvalue weighted by molar-refractivity contribution is 6.02. The fourth-order valence-corrected chi connectivity index (χ4v) is 16.9. The van der Waals surface area contributed by atoms with Gasteiger partial charge in [-0.1, -0.05) is 184 Å². The van der Waals surface area contributed by atoms with E-state index in [2.05, 4.69) is 219 Å². The molecule has 1 heteroatoms. The van der Waals surface area contributed by atoms with E-state index < -0.39 is 5.41 Å². The normalized spacial score (nSPS) is 23.2. The van der Waals surface area contributed by atoms with Gasteiger partial charge in [-0.3, -0.25) is 0 Å². The molecule has 4 saturated carbocycles. The lowest BCUT2D eigenvalue weighted by Crippen LogP contribution is -2.55. The Morgan fingerprint density at radius 3 is 1.48 bits per heavy atom. The Balaban J connectivity index is 0.935. The Kier molecular flexibility index (Phi) is 7.58. The van der Waals surface area contributed by atoms with Crippen molar-refractivity contribution in [1.29, 1.82) is 0 Å². The van der Waals surface area contributed by atoms with Gasteiger partial charge in [0.2, 0.25) is 0 Å². The molecule has 0 saturated heterocycles. The van der Waals surface area contributed by atoms with Crippen molar-refractivity contribution >= 4 is 17.1 Å². The van der Waals surface area contributed by atoms with E-state index in [1.54, 1.807) is 11.1 Å². The smallest absolute Gasteiger partial charge is 0.0726 e. The molecule has 4 fully saturated rings. The van der Waals surface area contributed by atoms with E-state index in [-0.39, 0.29) is 10.8 Å². The molecular formula is C68H53N. The number of fused-ring (bicyclic) bond motifs is 16. The second-order valence-electron chi connectivity index (χ2n) is 22.3. The van der Waals surface area contributed by atoms with Crippen LogP contribution in [0.25, 0.3) is 55.6 Å². The minimum atomic E-state index is -0.424. The molecule has 0 heterocycles. The molecule has 8 aliphatic carbocycles. The van der Waals surface area contributed by atoms with Crippen LogP contribution in [0.4, 0.5) is 17.1 Å². The van der Waals surface area contributed by atoms with Gasteiger partial charge in [0.25, 0.3) is 0 Å². The lowest BCUT2D eigenvalue weighted by atomic mass is 9.43. The van der Waals surface area contributed by atoms with Crippen LogP contribution in [0.2, 0.25) is 0 Å². The monoisotopic (exact) mass is 883 g/mol. The van der Waals surface area contributed by atoms with E-state index in [1.165, 1.54) is 138 Å². The first-order chi connectivity index (χ1) is 34.0. The molecule has 0 atom stereocenters. The van der Waals surface area contributed by atoms with Crippen LogP contribution in [0, 0.1) is 23.7 Å². The number of hydrogen-bond acceptors (Lipinski definition) is 1. The average molecular weight is 884 g/mol. The highest BCUT2D eigenvalue weighted by Crippen LogP contribution is 2.70. The molecule has 0 amide bonds. The fraction of sp³-hybridized carbons (Fsp3) is 0.206. The summed E-state index contributed by atoms with van der Waals surface area (Å²) < 4.78 is 0. The molecule has 0 aliphatic heterocycles. The van der Waals surface area contributed by atoms with E-state index >= 15 is 0 Å². The van der Waals surface area contributed by atoms with Crippen LogP contribution in [0.3, 0.4) is 0 Å². The van der Waals surface area contributed by atoms with Crippen molar-refractivity contribution in [3.63, 3.8) is 0 Å². The summed E-state index contributed by atoms with van der Waals surface area (Å²) in [6, 6.07) is 77.7. The summed E-state index contributed by atoms with van der Waals surface area (Å²) >= 11 is 0.